The first kappa shape index (κ1) is 19.0. The van der Waals surface area contributed by atoms with Crippen molar-refractivity contribution in [2.75, 3.05) is 13.1 Å². The number of fused-ring (bicyclic) bond motifs is 1. The highest BCUT2D eigenvalue weighted by atomic mass is 35.5. The number of aromatic nitrogens is 2. The van der Waals surface area contributed by atoms with Crippen LogP contribution in [0, 0.1) is 6.92 Å². The molecule has 28 heavy (non-hydrogen) atoms. The molecule has 0 atom stereocenters. The molecule has 4 rings (SSSR count). The van der Waals surface area contributed by atoms with Gasteiger partial charge in [-0.2, -0.15) is 0 Å². The number of benzene rings is 2. The van der Waals surface area contributed by atoms with Crippen LogP contribution in [-0.2, 0) is 13.6 Å². The summed E-state index contributed by atoms with van der Waals surface area (Å²) in [5.41, 5.74) is 3.09. The summed E-state index contributed by atoms with van der Waals surface area (Å²) in [6, 6.07) is 13.9. The third kappa shape index (κ3) is 3.52. The van der Waals surface area contributed by atoms with E-state index in [2.05, 4.69) is 36.1 Å². The van der Waals surface area contributed by atoms with Gasteiger partial charge in [-0.3, -0.25) is 19.1 Å². The fourth-order valence-electron chi connectivity index (χ4n) is 4.21. The Kier molecular flexibility index (Phi) is 5.13. The summed E-state index contributed by atoms with van der Waals surface area (Å²) in [5.74, 6) is 0. The second kappa shape index (κ2) is 7.57. The van der Waals surface area contributed by atoms with E-state index in [-0.39, 0.29) is 6.04 Å². The van der Waals surface area contributed by atoms with Crippen LogP contribution in [0.3, 0.4) is 0 Å². The molecule has 0 radical (unpaired) electrons. The summed E-state index contributed by atoms with van der Waals surface area (Å²) < 4.78 is 3.09. The molecule has 1 aliphatic rings. The molecule has 0 N–H and O–H groups in total. The molecular weight excluding hydrogens is 374 g/mol. The van der Waals surface area contributed by atoms with Crippen molar-refractivity contribution < 1.29 is 0 Å². The summed E-state index contributed by atoms with van der Waals surface area (Å²) >= 11 is 6.19. The Labute approximate surface area is 168 Å². The maximum atomic E-state index is 12.8. The van der Waals surface area contributed by atoms with E-state index >= 15 is 0 Å². The SMILES string of the molecule is Cc1cccc(CN2CCC(n3c(=O)c(=O)n(C)c4ccc(Cl)cc43)CC2)c1. The molecule has 1 fully saturated rings. The zero-order valence-electron chi connectivity index (χ0n) is 16.2. The van der Waals surface area contributed by atoms with E-state index in [4.69, 9.17) is 11.6 Å². The molecule has 0 spiro atoms. The van der Waals surface area contributed by atoms with Gasteiger partial charge in [-0.15, -0.1) is 0 Å². The molecule has 0 saturated carbocycles. The summed E-state index contributed by atoms with van der Waals surface area (Å²) in [7, 11) is 1.63. The lowest BCUT2D eigenvalue weighted by Crippen LogP contribution is -2.44. The van der Waals surface area contributed by atoms with Gasteiger partial charge >= 0.3 is 11.1 Å². The van der Waals surface area contributed by atoms with Crippen molar-refractivity contribution in [2.24, 2.45) is 7.05 Å². The number of piperidine rings is 1. The maximum Gasteiger partial charge on any atom is 0.317 e. The number of likely N-dealkylation sites (tertiary alicyclic amines) is 1. The van der Waals surface area contributed by atoms with Crippen molar-refractivity contribution in [2.45, 2.75) is 32.4 Å². The number of hydrogen-bond donors (Lipinski definition) is 0. The molecule has 2 aromatic carbocycles. The molecule has 6 heteroatoms. The fraction of sp³-hybridized carbons (Fsp3) is 0.364. The molecule has 5 nitrogen and oxygen atoms in total. The summed E-state index contributed by atoms with van der Waals surface area (Å²) in [5, 5.41) is 0.566. The van der Waals surface area contributed by atoms with Crippen LogP contribution in [0.5, 0.6) is 0 Å². The first-order chi connectivity index (χ1) is 13.4. The van der Waals surface area contributed by atoms with Gasteiger partial charge in [0.1, 0.15) is 0 Å². The second-order valence-corrected chi connectivity index (χ2v) is 8.11. The van der Waals surface area contributed by atoms with Gasteiger partial charge in [0.25, 0.3) is 0 Å². The number of nitrogens with zero attached hydrogens (tertiary/aromatic N) is 3. The molecule has 0 unspecified atom stereocenters. The fourth-order valence-corrected chi connectivity index (χ4v) is 4.37. The van der Waals surface area contributed by atoms with E-state index in [1.165, 1.54) is 15.7 Å². The Bertz CT molecular complexity index is 1140. The monoisotopic (exact) mass is 397 g/mol. The van der Waals surface area contributed by atoms with Gasteiger partial charge in [0.05, 0.1) is 11.0 Å². The maximum absolute atomic E-state index is 12.8. The van der Waals surface area contributed by atoms with Crippen LogP contribution in [-0.4, -0.2) is 27.1 Å². The third-order valence-corrected chi connectivity index (χ3v) is 5.91. The van der Waals surface area contributed by atoms with Crippen LogP contribution in [0.1, 0.15) is 30.0 Å². The lowest BCUT2D eigenvalue weighted by molar-refractivity contribution is 0.179. The predicted octanol–water partition coefficient (Wildman–Crippen LogP) is 3.50. The van der Waals surface area contributed by atoms with Crippen LogP contribution in [0.4, 0.5) is 0 Å². The number of aryl methyl sites for hydroxylation is 2. The lowest BCUT2D eigenvalue weighted by atomic mass is 10.0. The van der Waals surface area contributed by atoms with Gasteiger partial charge in [0, 0.05) is 37.7 Å². The normalized spacial score (nSPS) is 16.0. The van der Waals surface area contributed by atoms with Crippen molar-refractivity contribution in [1.82, 2.24) is 14.0 Å². The van der Waals surface area contributed by atoms with Crippen molar-refractivity contribution >= 4 is 22.6 Å². The van der Waals surface area contributed by atoms with E-state index in [9.17, 15) is 9.59 Å². The van der Waals surface area contributed by atoms with Gasteiger partial charge in [-0.05, 0) is 43.5 Å². The smallest absolute Gasteiger partial charge is 0.305 e. The first-order valence-electron chi connectivity index (χ1n) is 9.63. The van der Waals surface area contributed by atoms with Gasteiger partial charge < -0.3 is 4.57 Å². The lowest BCUT2D eigenvalue weighted by Gasteiger charge is -2.33. The van der Waals surface area contributed by atoms with Crippen molar-refractivity contribution in [3.05, 3.63) is 79.3 Å². The van der Waals surface area contributed by atoms with Crippen LogP contribution in [0.25, 0.3) is 11.0 Å². The van der Waals surface area contributed by atoms with Crippen LogP contribution in [0.2, 0.25) is 5.02 Å². The molecule has 146 valence electrons. The second-order valence-electron chi connectivity index (χ2n) is 7.67. The zero-order valence-corrected chi connectivity index (χ0v) is 16.9. The molecule has 3 aromatic rings. The Morgan fingerprint density at radius 1 is 1.00 bits per heavy atom. The van der Waals surface area contributed by atoms with E-state index in [0.29, 0.717) is 5.02 Å². The minimum Gasteiger partial charge on any atom is -0.305 e. The standard InChI is InChI=1S/C22H24ClN3O2/c1-15-4-3-5-16(12-15)14-25-10-8-18(9-11-25)26-20-13-17(23)6-7-19(20)24(2)21(27)22(26)28/h3-7,12-13,18H,8-11,14H2,1-2H3. The van der Waals surface area contributed by atoms with Crippen molar-refractivity contribution in [1.29, 1.82) is 0 Å². The highest BCUT2D eigenvalue weighted by Gasteiger charge is 2.24. The van der Waals surface area contributed by atoms with Crippen LogP contribution < -0.4 is 11.1 Å². The molecule has 1 aliphatic heterocycles. The average molecular weight is 398 g/mol. The van der Waals surface area contributed by atoms with E-state index in [0.717, 1.165) is 43.5 Å². The topological polar surface area (TPSA) is 47.2 Å². The largest absolute Gasteiger partial charge is 0.317 e. The first-order valence-corrected chi connectivity index (χ1v) is 10.0. The van der Waals surface area contributed by atoms with E-state index < -0.39 is 11.1 Å². The Hall–Kier alpha value is -2.37. The van der Waals surface area contributed by atoms with Gasteiger partial charge in [-0.1, -0.05) is 41.4 Å². The Balaban J connectivity index is 1.61. The minimum atomic E-state index is -0.489. The average Bonchev–Trinajstić information content (AvgIpc) is 2.68. The number of rotatable bonds is 3. The Morgan fingerprint density at radius 2 is 1.75 bits per heavy atom. The van der Waals surface area contributed by atoms with Crippen molar-refractivity contribution in [3.63, 3.8) is 0 Å². The van der Waals surface area contributed by atoms with Gasteiger partial charge in [-0.25, -0.2) is 0 Å². The summed E-state index contributed by atoms with van der Waals surface area (Å²) in [4.78, 5) is 27.7. The molecule has 2 heterocycles. The number of hydrogen-bond acceptors (Lipinski definition) is 3. The summed E-state index contributed by atoms with van der Waals surface area (Å²) in [6.07, 6.45) is 1.67. The van der Waals surface area contributed by atoms with Gasteiger partial charge in [0.15, 0.2) is 0 Å². The number of halogens is 1. The molecule has 0 bridgehead atoms. The summed E-state index contributed by atoms with van der Waals surface area (Å²) in [6.45, 7) is 4.80. The van der Waals surface area contributed by atoms with Crippen molar-refractivity contribution in [3.8, 4) is 0 Å². The zero-order chi connectivity index (χ0) is 19.8. The Morgan fingerprint density at radius 3 is 2.46 bits per heavy atom. The molecule has 1 saturated heterocycles. The van der Waals surface area contributed by atoms with E-state index in [1.807, 2.05) is 6.07 Å². The predicted molar refractivity (Wildman–Crippen MR) is 113 cm³/mol. The van der Waals surface area contributed by atoms with E-state index in [1.54, 1.807) is 23.7 Å². The highest BCUT2D eigenvalue weighted by Crippen LogP contribution is 2.26. The molecule has 0 aliphatic carbocycles. The van der Waals surface area contributed by atoms with Crippen LogP contribution in [0.15, 0.2) is 52.1 Å². The molecule has 1 aromatic heterocycles. The minimum absolute atomic E-state index is 0.0103. The quantitative estimate of drug-likeness (QED) is 0.635. The van der Waals surface area contributed by atoms with Crippen LogP contribution >= 0.6 is 11.6 Å². The molecular formula is C22H24ClN3O2. The van der Waals surface area contributed by atoms with Gasteiger partial charge in [0.2, 0.25) is 0 Å². The molecule has 0 amide bonds. The third-order valence-electron chi connectivity index (χ3n) is 5.68. The highest BCUT2D eigenvalue weighted by molar-refractivity contribution is 6.31.